The van der Waals surface area contributed by atoms with Crippen LogP contribution in [0, 0.1) is 17.0 Å². The number of hydrogen-bond acceptors (Lipinski definition) is 4. The molecule has 0 unspecified atom stereocenters. The number of carbonyl (C=O) groups is 2. The van der Waals surface area contributed by atoms with Gasteiger partial charge in [-0.05, 0) is 41.8 Å². The molecule has 3 aromatic carbocycles. The van der Waals surface area contributed by atoms with Crippen molar-refractivity contribution in [2.75, 3.05) is 5.32 Å². The standard InChI is InChI=1S/C21H16N2O5/c1-13-6-2-3-7-15(13)16-8-4-5-9-17(16)20(24)22-18-11-10-14(21(25)26)12-19(18)23(27)28/h2-12H,1H3,(H,22,24)(H,25,26). The molecular formula is C21H16N2O5. The summed E-state index contributed by atoms with van der Waals surface area (Å²) < 4.78 is 0. The van der Waals surface area contributed by atoms with E-state index < -0.39 is 22.5 Å². The van der Waals surface area contributed by atoms with Crippen LogP contribution in [0.5, 0.6) is 0 Å². The Kier molecular flexibility index (Phi) is 5.17. The van der Waals surface area contributed by atoms with E-state index >= 15 is 0 Å². The SMILES string of the molecule is Cc1ccccc1-c1ccccc1C(=O)Nc1ccc(C(=O)O)cc1[N+](=O)[O-]. The number of aromatic carboxylic acids is 1. The smallest absolute Gasteiger partial charge is 0.335 e. The number of carboxylic acids is 1. The normalized spacial score (nSPS) is 10.3. The van der Waals surface area contributed by atoms with Crippen molar-refractivity contribution in [1.29, 1.82) is 0 Å². The number of nitrogens with zero attached hydrogens (tertiary/aromatic N) is 1. The van der Waals surface area contributed by atoms with Crippen molar-refractivity contribution in [3.8, 4) is 11.1 Å². The fourth-order valence-electron chi connectivity index (χ4n) is 2.90. The first-order chi connectivity index (χ1) is 13.4. The molecule has 2 N–H and O–H groups in total. The van der Waals surface area contributed by atoms with E-state index in [1.807, 2.05) is 37.3 Å². The summed E-state index contributed by atoms with van der Waals surface area (Å²) in [6.45, 7) is 1.93. The van der Waals surface area contributed by atoms with Gasteiger partial charge >= 0.3 is 5.97 Å². The lowest BCUT2D eigenvalue weighted by atomic mass is 9.95. The topological polar surface area (TPSA) is 110 Å². The summed E-state index contributed by atoms with van der Waals surface area (Å²) in [7, 11) is 0. The van der Waals surface area contributed by atoms with Crippen molar-refractivity contribution in [2.24, 2.45) is 0 Å². The summed E-state index contributed by atoms with van der Waals surface area (Å²) in [6, 6.07) is 17.9. The van der Waals surface area contributed by atoms with Crippen LogP contribution in [0.25, 0.3) is 11.1 Å². The molecule has 7 heteroatoms. The van der Waals surface area contributed by atoms with Gasteiger partial charge in [0.05, 0.1) is 10.5 Å². The number of benzene rings is 3. The van der Waals surface area contributed by atoms with Gasteiger partial charge in [-0.2, -0.15) is 0 Å². The second kappa shape index (κ2) is 7.71. The molecule has 28 heavy (non-hydrogen) atoms. The summed E-state index contributed by atoms with van der Waals surface area (Å²) in [4.78, 5) is 34.5. The van der Waals surface area contributed by atoms with Gasteiger partial charge in [-0.1, -0.05) is 42.5 Å². The average Bonchev–Trinajstić information content (AvgIpc) is 2.68. The van der Waals surface area contributed by atoms with Gasteiger partial charge in [0.1, 0.15) is 5.69 Å². The van der Waals surface area contributed by atoms with Gasteiger partial charge in [0, 0.05) is 11.6 Å². The number of rotatable bonds is 5. The van der Waals surface area contributed by atoms with Crippen LogP contribution in [0.3, 0.4) is 0 Å². The highest BCUT2D eigenvalue weighted by Gasteiger charge is 2.21. The molecule has 0 atom stereocenters. The summed E-state index contributed by atoms with van der Waals surface area (Å²) >= 11 is 0. The maximum absolute atomic E-state index is 12.9. The number of nitrogens with one attached hydrogen (secondary N) is 1. The average molecular weight is 376 g/mol. The van der Waals surface area contributed by atoms with Crippen LogP contribution >= 0.6 is 0 Å². The number of nitro benzene ring substituents is 1. The molecule has 3 aromatic rings. The fourth-order valence-corrected chi connectivity index (χ4v) is 2.90. The van der Waals surface area contributed by atoms with E-state index in [2.05, 4.69) is 5.32 Å². The van der Waals surface area contributed by atoms with Crippen LogP contribution in [-0.4, -0.2) is 21.9 Å². The highest BCUT2D eigenvalue weighted by Crippen LogP contribution is 2.30. The minimum absolute atomic E-state index is 0.0698. The zero-order valence-electron chi connectivity index (χ0n) is 14.9. The predicted octanol–water partition coefficient (Wildman–Crippen LogP) is 4.52. The van der Waals surface area contributed by atoms with E-state index in [4.69, 9.17) is 5.11 Å². The molecule has 0 saturated heterocycles. The van der Waals surface area contributed by atoms with Crippen molar-refractivity contribution in [1.82, 2.24) is 0 Å². The monoisotopic (exact) mass is 376 g/mol. The number of aryl methyl sites for hydroxylation is 1. The first kappa shape index (κ1) is 18.8. The predicted molar refractivity (Wildman–Crippen MR) is 105 cm³/mol. The van der Waals surface area contributed by atoms with E-state index in [1.165, 1.54) is 12.1 Å². The van der Waals surface area contributed by atoms with Gasteiger partial charge < -0.3 is 10.4 Å². The van der Waals surface area contributed by atoms with Gasteiger partial charge in [0.25, 0.3) is 11.6 Å². The Labute approximate surface area is 160 Å². The van der Waals surface area contributed by atoms with E-state index in [0.29, 0.717) is 11.1 Å². The maximum atomic E-state index is 12.9. The Bertz CT molecular complexity index is 1090. The van der Waals surface area contributed by atoms with Crippen molar-refractivity contribution in [2.45, 2.75) is 6.92 Å². The van der Waals surface area contributed by atoms with E-state index in [0.717, 1.165) is 17.2 Å². The van der Waals surface area contributed by atoms with Gasteiger partial charge in [-0.25, -0.2) is 4.79 Å². The van der Waals surface area contributed by atoms with Crippen molar-refractivity contribution in [3.05, 3.63) is 93.5 Å². The lowest BCUT2D eigenvalue weighted by molar-refractivity contribution is -0.383. The number of carboxylic acid groups (broad SMARTS) is 1. The third-order valence-corrected chi connectivity index (χ3v) is 4.30. The molecule has 140 valence electrons. The molecule has 0 fully saturated rings. The molecule has 0 saturated carbocycles. The molecule has 7 nitrogen and oxygen atoms in total. The quantitative estimate of drug-likeness (QED) is 0.502. The van der Waals surface area contributed by atoms with Gasteiger partial charge in [-0.3, -0.25) is 14.9 Å². The Hall–Kier alpha value is -4.00. The van der Waals surface area contributed by atoms with Crippen LogP contribution < -0.4 is 5.32 Å². The van der Waals surface area contributed by atoms with E-state index in [9.17, 15) is 19.7 Å². The molecule has 3 rings (SSSR count). The van der Waals surface area contributed by atoms with Crippen molar-refractivity contribution >= 4 is 23.3 Å². The molecule has 0 heterocycles. The molecule has 0 aliphatic rings. The van der Waals surface area contributed by atoms with Crippen molar-refractivity contribution < 1.29 is 19.6 Å². The lowest BCUT2D eigenvalue weighted by Crippen LogP contribution is -2.15. The third-order valence-electron chi connectivity index (χ3n) is 4.30. The molecule has 0 aliphatic carbocycles. The minimum atomic E-state index is -1.29. The molecule has 0 aromatic heterocycles. The second-order valence-electron chi connectivity index (χ2n) is 6.11. The lowest BCUT2D eigenvalue weighted by Gasteiger charge is -2.12. The molecule has 0 bridgehead atoms. The summed E-state index contributed by atoms with van der Waals surface area (Å²) in [6.07, 6.45) is 0. The van der Waals surface area contributed by atoms with Crippen LogP contribution in [0.1, 0.15) is 26.3 Å². The molecule has 0 spiro atoms. The molecule has 1 amide bonds. The largest absolute Gasteiger partial charge is 0.478 e. The highest BCUT2D eigenvalue weighted by atomic mass is 16.6. The second-order valence-corrected chi connectivity index (χ2v) is 6.11. The van der Waals surface area contributed by atoms with Gasteiger partial charge in [-0.15, -0.1) is 0 Å². The van der Waals surface area contributed by atoms with Crippen molar-refractivity contribution in [3.63, 3.8) is 0 Å². The number of carbonyl (C=O) groups excluding carboxylic acids is 1. The minimum Gasteiger partial charge on any atom is -0.478 e. The van der Waals surface area contributed by atoms with Gasteiger partial charge in [0.15, 0.2) is 0 Å². The zero-order chi connectivity index (χ0) is 20.3. The number of amides is 1. The van der Waals surface area contributed by atoms with Crippen LogP contribution in [-0.2, 0) is 0 Å². The number of nitro groups is 1. The fraction of sp³-hybridized carbons (Fsp3) is 0.0476. The molecule has 0 aliphatic heterocycles. The number of hydrogen-bond donors (Lipinski definition) is 2. The Morgan fingerprint density at radius 1 is 0.964 bits per heavy atom. The Balaban J connectivity index is 2.01. The zero-order valence-corrected chi connectivity index (χ0v) is 14.9. The number of anilines is 1. The third kappa shape index (κ3) is 3.73. The van der Waals surface area contributed by atoms with E-state index in [-0.39, 0.29) is 11.3 Å². The molecular weight excluding hydrogens is 360 g/mol. The Morgan fingerprint density at radius 3 is 2.25 bits per heavy atom. The first-order valence-electron chi connectivity index (χ1n) is 8.36. The molecule has 0 radical (unpaired) electrons. The van der Waals surface area contributed by atoms with E-state index in [1.54, 1.807) is 18.2 Å². The van der Waals surface area contributed by atoms with Crippen LogP contribution in [0.4, 0.5) is 11.4 Å². The van der Waals surface area contributed by atoms with Gasteiger partial charge in [0.2, 0.25) is 0 Å². The first-order valence-corrected chi connectivity index (χ1v) is 8.36. The van der Waals surface area contributed by atoms with Crippen LogP contribution in [0.2, 0.25) is 0 Å². The van der Waals surface area contributed by atoms with Crippen LogP contribution in [0.15, 0.2) is 66.7 Å². The Morgan fingerprint density at radius 2 is 1.61 bits per heavy atom. The summed E-state index contributed by atoms with van der Waals surface area (Å²) in [5, 5.41) is 22.9. The summed E-state index contributed by atoms with van der Waals surface area (Å²) in [5.41, 5.74) is 2.13. The summed E-state index contributed by atoms with van der Waals surface area (Å²) in [5.74, 6) is -1.81. The highest BCUT2D eigenvalue weighted by molar-refractivity contribution is 6.10. The maximum Gasteiger partial charge on any atom is 0.335 e.